The summed E-state index contributed by atoms with van der Waals surface area (Å²) in [6, 6.07) is 11.0. The monoisotopic (exact) mass is 372 g/mol. The molecular weight excluding hydrogens is 362 g/mol. The molecule has 24 heavy (non-hydrogen) atoms. The lowest BCUT2D eigenvalue weighted by Gasteiger charge is -2.09. The minimum absolute atomic E-state index is 0.00872. The molecule has 0 bridgehead atoms. The molecule has 10 heteroatoms. The number of nitrogens with zero attached hydrogens (tertiary/aromatic N) is 1. The summed E-state index contributed by atoms with van der Waals surface area (Å²) in [5.74, 6) is -3.56. The summed E-state index contributed by atoms with van der Waals surface area (Å²) >= 11 is 0. The van der Waals surface area contributed by atoms with Gasteiger partial charge in [0, 0.05) is 5.69 Å². The number of anilines is 1. The predicted octanol–water partition coefficient (Wildman–Crippen LogP) is 2.36. The number of benzene rings is 2. The topological polar surface area (TPSA) is 104 Å². The lowest BCUT2D eigenvalue weighted by molar-refractivity contribution is 0.234. The van der Waals surface area contributed by atoms with Crippen molar-refractivity contribution in [2.45, 2.75) is 15.5 Å². The molecule has 1 N–H and O–H groups in total. The summed E-state index contributed by atoms with van der Waals surface area (Å²) in [7, 11) is -8.75. The Hall–Kier alpha value is -2.51. The molecule has 2 aromatic carbocycles. The smallest absolute Gasteiger partial charge is 0.280 e. The summed E-state index contributed by atoms with van der Waals surface area (Å²) < 4.78 is 74.1. The van der Waals surface area contributed by atoms with Crippen molar-refractivity contribution in [3.8, 4) is 6.07 Å². The van der Waals surface area contributed by atoms with E-state index in [2.05, 4.69) is 4.72 Å². The molecule has 0 aliphatic rings. The molecule has 2 aromatic rings. The van der Waals surface area contributed by atoms with Gasteiger partial charge in [-0.1, -0.05) is 6.07 Å². The summed E-state index contributed by atoms with van der Waals surface area (Å²) in [6.45, 7) is 0. The van der Waals surface area contributed by atoms with Gasteiger partial charge in [0.1, 0.15) is 0 Å². The average molecular weight is 372 g/mol. The SMILES string of the molecule is N#Cc1cccc(S(=O)(=O)Nc2ccc(S(=O)(=O)C(F)F)cc2)c1. The van der Waals surface area contributed by atoms with Crippen LogP contribution in [0.3, 0.4) is 0 Å². The van der Waals surface area contributed by atoms with Crippen molar-refractivity contribution in [1.29, 1.82) is 5.26 Å². The second kappa shape index (κ2) is 6.54. The number of hydrogen-bond donors (Lipinski definition) is 1. The number of sulfone groups is 1. The molecule has 0 aromatic heterocycles. The van der Waals surface area contributed by atoms with Crippen LogP contribution >= 0.6 is 0 Å². The maximum absolute atomic E-state index is 12.4. The lowest BCUT2D eigenvalue weighted by atomic mass is 10.2. The maximum Gasteiger partial charge on any atom is 0.341 e. The molecule has 0 aliphatic heterocycles. The fraction of sp³-hybridized carbons (Fsp3) is 0.0714. The van der Waals surface area contributed by atoms with Gasteiger partial charge >= 0.3 is 5.76 Å². The third kappa shape index (κ3) is 3.69. The van der Waals surface area contributed by atoms with Gasteiger partial charge in [-0.15, -0.1) is 0 Å². The standard InChI is InChI=1S/C14H10F2N2O4S2/c15-14(16)23(19,20)12-6-4-11(5-7-12)18-24(21,22)13-3-1-2-10(8-13)9-17/h1-8,14,18H. The normalized spacial score (nSPS) is 11.9. The maximum atomic E-state index is 12.4. The van der Waals surface area contributed by atoms with Gasteiger partial charge in [-0.2, -0.15) is 14.0 Å². The second-order valence-corrected chi connectivity index (χ2v) is 8.18. The third-order valence-corrected chi connectivity index (χ3v) is 5.72. The van der Waals surface area contributed by atoms with Gasteiger partial charge in [0.15, 0.2) is 0 Å². The lowest BCUT2D eigenvalue weighted by Crippen LogP contribution is -2.14. The number of halogens is 2. The highest BCUT2D eigenvalue weighted by molar-refractivity contribution is 7.92. The first-order chi connectivity index (χ1) is 11.2. The summed E-state index contributed by atoms with van der Waals surface area (Å²) in [6.07, 6.45) is 0. The van der Waals surface area contributed by atoms with Crippen molar-refractivity contribution in [2.75, 3.05) is 4.72 Å². The molecule has 0 atom stereocenters. The fourth-order valence-corrected chi connectivity index (χ4v) is 3.59. The molecule has 0 saturated carbocycles. The zero-order chi connectivity index (χ0) is 18.0. The number of hydrogen-bond acceptors (Lipinski definition) is 5. The Morgan fingerprint density at radius 3 is 2.12 bits per heavy atom. The van der Waals surface area contributed by atoms with Crippen molar-refractivity contribution < 1.29 is 25.6 Å². The highest BCUT2D eigenvalue weighted by Crippen LogP contribution is 2.22. The van der Waals surface area contributed by atoms with Crippen LogP contribution in [-0.4, -0.2) is 22.6 Å². The van der Waals surface area contributed by atoms with E-state index in [0.717, 1.165) is 30.3 Å². The summed E-state index contributed by atoms with van der Waals surface area (Å²) in [5.41, 5.74) is 0.141. The van der Waals surface area contributed by atoms with Crippen LogP contribution in [0.5, 0.6) is 0 Å². The van der Waals surface area contributed by atoms with Gasteiger partial charge in [-0.25, -0.2) is 16.8 Å². The first-order valence-electron chi connectivity index (χ1n) is 6.32. The van der Waals surface area contributed by atoms with Gasteiger partial charge in [0.25, 0.3) is 10.0 Å². The molecule has 0 amide bonds. The van der Waals surface area contributed by atoms with E-state index in [9.17, 15) is 25.6 Å². The predicted molar refractivity (Wildman–Crippen MR) is 81.6 cm³/mol. The van der Waals surface area contributed by atoms with E-state index in [1.54, 1.807) is 0 Å². The van der Waals surface area contributed by atoms with Crippen LogP contribution in [0.2, 0.25) is 0 Å². The van der Waals surface area contributed by atoms with Gasteiger partial charge in [-0.05, 0) is 42.5 Å². The Kier molecular flexibility index (Phi) is 4.86. The number of rotatable bonds is 5. The van der Waals surface area contributed by atoms with Gasteiger partial charge < -0.3 is 0 Å². The van der Waals surface area contributed by atoms with Crippen LogP contribution in [0.25, 0.3) is 0 Å². The second-order valence-electron chi connectivity index (χ2n) is 4.58. The van der Waals surface area contributed by atoms with Crippen LogP contribution in [0.4, 0.5) is 14.5 Å². The van der Waals surface area contributed by atoms with E-state index >= 15 is 0 Å². The van der Waals surface area contributed by atoms with E-state index in [1.165, 1.54) is 18.2 Å². The molecule has 6 nitrogen and oxygen atoms in total. The highest BCUT2D eigenvalue weighted by Gasteiger charge is 2.26. The van der Waals surface area contributed by atoms with Crippen LogP contribution < -0.4 is 4.72 Å². The Morgan fingerprint density at radius 1 is 0.958 bits per heavy atom. The van der Waals surface area contributed by atoms with Crippen molar-refractivity contribution >= 4 is 25.5 Å². The molecule has 0 unspecified atom stereocenters. The Morgan fingerprint density at radius 2 is 1.58 bits per heavy atom. The van der Waals surface area contributed by atoms with Crippen molar-refractivity contribution in [3.05, 3.63) is 54.1 Å². The van der Waals surface area contributed by atoms with Crippen LogP contribution in [0.15, 0.2) is 58.3 Å². The number of sulfonamides is 1. The fourth-order valence-electron chi connectivity index (χ4n) is 1.76. The van der Waals surface area contributed by atoms with Crippen molar-refractivity contribution in [1.82, 2.24) is 0 Å². The minimum atomic E-state index is -4.75. The Bertz CT molecular complexity index is 996. The van der Waals surface area contributed by atoms with E-state index in [4.69, 9.17) is 5.26 Å². The molecule has 2 rings (SSSR count). The molecule has 126 valence electrons. The first kappa shape index (κ1) is 17.8. The van der Waals surface area contributed by atoms with Crippen LogP contribution in [-0.2, 0) is 19.9 Å². The highest BCUT2D eigenvalue weighted by atomic mass is 32.2. The number of nitrogens with one attached hydrogen (secondary N) is 1. The van der Waals surface area contributed by atoms with E-state index in [-0.39, 0.29) is 16.1 Å². The third-order valence-electron chi connectivity index (χ3n) is 2.94. The molecule has 0 fully saturated rings. The van der Waals surface area contributed by atoms with Gasteiger partial charge in [0.2, 0.25) is 9.84 Å². The molecular formula is C14H10F2N2O4S2. The summed E-state index contributed by atoms with van der Waals surface area (Å²) in [5, 5.41) is 8.79. The summed E-state index contributed by atoms with van der Waals surface area (Å²) in [4.78, 5) is -0.780. The zero-order valence-corrected chi connectivity index (χ0v) is 13.5. The Balaban J connectivity index is 2.29. The molecule has 0 saturated heterocycles. The van der Waals surface area contributed by atoms with E-state index in [1.807, 2.05) is 6.07 Å². The molecule has 0 spiro atoms. The molecule has 0 radical (unpaired) electrons. The van der Waals surface area contributed by atoms with Gasteiger partial charge in [-0.3, -0.25) is 4.72 Å². The number of nitriles is 1. The van der Waals surface area contributed by atoms with Crippen molar-refractivity contribution in [2.24, 2.45) is 0 Å². The van der Waals surface area contributed by atoms with Gasteiger partial charge in [0.05, 0.1) is 21.4 Å². The largest absolute Gasteiger partial charge is 0.341 e. The quantitative estimate of drug-likeness (QED) is 0.868. The first-order valence-corrected chi connectivity index (χ1v) is 9.35. The molecule has 0 aliphatic carbocycles. The van der Waals surface area contributed by atoms with E-state index < -0.39 is 30.5 Å². The van der Waals surface area contributed by atoms with Crippen LogP contribution in [0.1, 0.15) is 5.56 Å². The zero-order valence-electron chi connectivity index (χ0n) is 11.8. The molecule has 0 heterocycles. The number of alkyl halides is 2. The van der Waals surface area contributed by atoms with Crippen molar-refractivity contribution in [3.63, 3.8) is 0 Å². The minimum Gasteiger partial charge on any atom is -0.280 e. The average Bonchev–Trinajstić information content (AvgIpc) is 2.55. The Labute approximate surface area is 137 Å². The van der Waals surface area contributed by atoms with Crippen LogP contribution in [0, 0.1) is 11.3 Å². The van der Waals surface area contributed by atoms with E-state index in [0.29, 0.717) is 0 Å².